The van der Waals surface area contributed by atoms with Crippen LogP contribution in [0.4, 0.5) is 18.9 Å². The molecule has 1 saturated carbocycles. The van der Waals surface area contributed by atoms with E-state index in [9.17, 15) is 23.1 Å². The highest BCUT2D eigenvalue weighted by Crippen LogP contribution is 2.34. The van der Waals surface area contributed by atoms with E-state index in [2.05, 4.69) is 10.6 Å². The first-order valence-electron chi connectivity index (χ1n) is 9.04. The van der Waals surface area contributed by atoms with Crippen molar-refractivity contribution in [2.45, 2.75) is 56.8 Å². The van der Waals surface area contributed by atoms with Crippen molar-refractivity contribution in [2.75, 3.05) is 5.32 Å². The number of primary amides is 1. The fourth-order valence-electron chi connectivity index (χ4n) is 2.97. The Morgan fingerprint density at radius 2 is 1.82 bits per heavy atom. The number of hydrogen-bond donors (Lipinski definition) is 5. The third-order valence-corrected chi connectivity index (χ3v) is 4.87. The molecule has 1 atom stereocenters. The van der Waals surface area contributed by atoms with Gasteiger partial charge in [-0.1, -0.05) is 12.1 Å². The fraction of sp³-hybridized carbons (Fsp3) is 0.474. The predicted octanol–water partition coefficient (Wildman–Crippen LogP) is 3.00. The van der Waals surface area contributed by atoms with Crippen molar-refractivity contribution in [3.8, 4) is 0 Å². The Kier molecular flexibility index (Phi) is 7.06. The van der Waals surface area contributed by atoms with Crippen LogP contribution in [-0.2, 0) is 4.79 Å². The highest BCUT2D eigenvalue weighted by Gasteiger charge is 2.36. The molecule has 0 radical (unpaired) electrons. The average molecular weight is 398 g/mol. The normalized spacial score (nSPS) is 21.7. The fourth-order valence-corrected chi connectivity index (χ4v) is 2.97. The molecule has 1 amide bonds. The minimum absolute atomic E-state index is 0.0705. The molecule has 0 aromatic heterocycles. The Balaban J connectivity index is 2.02. The molecular formula is C19H25F3N4O2. The SMILES string of the molecule is CC(c1ccc(NC(=N)/C(=C\NC2CCC(O)CC2)C(N)=O)cc1)C(F)(F)F. The molecule has 6 N–H and O–H groups in total. The second kappa shape index (κ2) is 9.09. The zero-order valence-electron chi connectivity index (χ0n) is 15.5. The maximum atomic E-state index is 12.8. The van der Waals surface area contributed by atoms with Crippen LogP contribution in [0.1, 0.15) is 44.1 Å². The molecule has 1 aliphatic carbocycles. The predicted molar refractivity (Wildman–Crippen MR) is 101 cm³/mol. The number of anilines is 1. The first-order chi connectivity index (χ1) is 13.1. The van der Waals surface area contributed by atoms with E-state index >= 15 is 0 Å². The summed E-state index contributed by atoms with van der Waals surface area (Å²) in [6, 6.07) is 5.56. The van der Waals surface area contributed by atoms with Gasteiger partial charge in [-0.25, -0.2) is 0 Å². The number of aliphatic hydroxyl groups is 1. The largest absolute Gasteiger partial charge is 0.395 e. The quantitative estimate of drug-likeness (QED) is 0.288. The lowest BCUT2D eigenvalue weighted by atomic mass is 9.93. The van der Waals surface area contributed by atoms with E-state index in [1.165, 1.54) is 30.5 Å². The Morgan fingerprint density at radius 3 is 2.32 bits per heavy atom. The van der Waals surface area contributed by atoms with Crippen molar-refractivity contribution in [1.82, 2.24) is 5.32 Å². The first-order valence-corrected chi connectivity index (χ1v) is 9.04. The second-order valence-electron chi connectivity index (χ2n) is 6.98. The molecule has 1 aromatic rings. The van der Waals surface area contributed by atoms with Crippen LogP contribution in [0.3, 0.4) is 0 Å². The number of hydrogen-bond acceptors (Lipinski definition) is 4. The molecule has 28 heavy (non-hydrogen) atoms. The van der Waals surface area contributed by atoms with Gasteiger partial charge in [0, 0.05) is 17.9 Å². The molecule has 1 aliphatic rings. The van der Waals surface area contributed by atoms with E-state index in [-0.39, 0.29) is 29.1 Å². The van der Waals surface area contributed by atoms with Gasteiger partial charge in [0.25, 0.3) is 5.91 Å². The van der Waals surface area contributed by atoms with Gasteiger partial charge in [-0.15, -0.1) is 0 Å². The molecule has 154 valence electrons. The molecule has 0 aliphatic heterocycles. The van der Waals surface area contributed by atoms with E-state index in [0.29, 0.717) is 18.5 Å². The minimum atomic E-state index is -4.33. The molecule has 1 aromatic carbocycles. The van der Waals surface area contributed by atoms with Gasteiger partial charge in [0.15, 0.2) is 0 Å². The second-order valence-corrected chi connectivity index (χ2v) is 6.98. The third kappa shape index (κ3) is 5.98. The van der Waals surface area contributed by atoms with Crippen LogP contribution in [0.2, 0.25) is 0 Å². The lowest BCUT2D eigenvalue weighted by Crippen LogP contribution is -2.34. The molecule has 1 unspecified atom stereocenters. The highest BCUT2D eigenvalue weighted by atomic mass is 19.4. The zero-order chi connectivity index (χ0) is 20.9. The van der Waals surface area contributed by atoms with Crippen LogP contribution in [-0.4, -0.2) is 35.2 Å². The smallest absolute Gasteiger partial charge is 0.393 e. The summed E-state index contributed by atoms with van der Waals surface area (Å²) >= 11 is 0. The van der Waals surface area contributed by atoms with Crippen LogP contribution in [0, 0.1) is 5.41 Å². The number of alkyl halides is 3. The number of carbonyl (C=O) groups excluding carboxylic acids is 1. The lowest BCUT2D eigenvalue weighted by molar-refractivity contribution is -0.146. The van der Waals surface area contributed by atoms with Crippen molar-refractivity contribution in [3.05, 3.63) is 41.6 Å². The van der Waals surface area contributed by atoms with Crippen LogP contribution >= 0.6 is 0 Å². The lowest BCUT2D eigenvalue weighted by Gasteiger charge is -2.25. The van der Waals surface area contributed by atoms with Crippen molar-refractivity contribution >= 4 is 17.4 Å². The van der Waals surface area contributed by atoms with Gasteiger partial charge in [0.2, 0.25) is 0 Å². The number of amidine groups is 1. The number of benzene rings is 1. The molecule has 0 spiro atoms. The molecule has 0 heterocycles. The van der Waals surface area contributed by atoms with E-state index in [4.69, 9.17) is 11.1 Å². The zero-order valence-corrected chi connectivity index (χ0v) is 15.5. The van der Waals surface area contributed by atoms with Crippen molar-refractivity contribution in [3.63, 3.8) is 0 Å². The Bertz CT molecular complexity index is 724. The van der Waals surface area contributed by atoms with E-state index in [0.717, 1.165) is 19.8 Å². The topological polar surface area (TPSA) is 111 Å². The van der Waals surface area contributed by atoms with Gasteiger partial charge in [-0.3, -0.25) is 10.2 Å². The number of aliphatic hydroxyl groups excluding tert-OH is 1. The highest BCUT2D eigenvalue weighted by molar-refractivity contribution is 6.23. The van der Waals surface area contributed by atoms with Crippen LogP contribution < -0.4 is 16.4 Å². The van der Waals surface area contributed by atoms with Gasteiger partial charge in [-0.05, 0) is 50.3 Å². The molecule has 6 nitrogen and oxygen atoms in total. The third-order valence-electron chi connectivity index (χ3n) is 4.87. The van der Waals surface area contributed by atoms with Crippen molar-refractivity contribution in [2.24, 2.45) is 5.73 Å². The first kappa shape index (κ1) is 21.7. The standard InChI is InChI=1S/C19H25F3N4O2/c1-11(19(20,21)22)12-2-4-14(5-3-12)26-17(23)16(18(24)28)10-25-13-6-8-15(27)9-7-13/h2-5,10-11,13,15,25,27H,6-9H2,1H3,(H2,23,26)(H2,24,28)/b16-10+. The van der Waals surface area contributed by atoms with Gasteiger partial charge in [0.1, 0.15) is 5.84 Å². The monoisotopic (exact) mass is 398 g/mol. The van der Waals surface area contributed by atoms with Gasteiger partial charge in [0.05, 0.1) is 17.6 Å². The molecule has 9 heteroatoms. The number of nitrogens with one attached hydrogen (secondary N) is 3. The minimum Gasteiger partial charge on any atom is -0.393 e. The number of halogens is 3. The number of amides is 1. The summed E-state index contributed by atoms with van der Waals surface area (Å²) < 4.78 is 38.3. The van der Waals surface area contributed by atoms with E-state index < -0.39 is 18.0 Å². The molecular weight excluding hydrogens is 373 g/mol. The summed E-state index contributed by atoms with van der Waals surface area (Å²) in [4.78, 5) is 11.7. The Labute approximate surface area is 161 Å². The molecule has 0 saturated heterocycles. The summed E-state index contributed by atoms with van der Waals surface area (Å²) in [5.41, 5.74) is 5.76. The van der Waals surface area contributed by atoms with Crippen LogP contribution in [0.15, 0.2) is 36.0 Å². The molecule has 2 rings (SSSR count). The van der Waals surface area contributed by atoms with Gasteiger partial charge in [-0.2, -0.15) is 13.2 Å². The maximum Gasteiger partial charge on any atom is 0.395 e. The maximum absolute atomic E-state index is 12.8. The van der Waals surface area contributed by atoms with Crippen LogP contribution in [0.5, 0.6) is 0 Å². The molecule has 0 bridgehead atoms. The molecule has 1 fully saturated rings. The Hall–Kier alpha value is -2.55. The van der Waals surface area contributed by atoms with E-state index in [1.54, 1.807) is 0 Å². The summed E-state index contributed by atoms with van der Waals surface area (Å²) in [6.45, 7) is 1.08. The summed E-state index contributed by atoms with van der Waals surface area (Å²) in [5.74, 6) is -2.66. The van der Waals surface area contributed by atoms with E-state index in [1.807, 2.05) is 0 Å². The van der Waals surface area contributed by atoms with Gasteiger partial charge < -0.3 is 21.5 Å². The van der Waals surface area contributed by atoms with Crippen LogP contribution in [0.25, 0.3) is 0 Å². The number of rotatable bonds is 6. The van der Waals surface area contributed by atoms with Gasteiger partial charge >= 0.3 is 6.18 Å². The summed E-state index contributed by atoms with van der Waals surface area (Å²) in [7, 11) is 0. The van der Waals surface area contributed by atoms with Crippen molar-refractivity contribution < 1.29 is 23.1 Å². The number of nitrogens with two attached hydrogens (primary N) is 1. The summed E-state index contributed by atoms with van der Waals surface area (Å²) in [6.07, 6.45) is -0.455. The average Bonchev–Trinajstić information content (AvgIpc) is 2.62. The summed E-state index contributed by atoms with van der Waals surface area (Å²) in [5, 5.41) is 23.3. The number of carbonyl (C=O) groups is 1. The Morgan fingerprint density at radius 1 is 1.25 bits per heavy atom. The van der Waals surface area contributed by atoms with Crippen molar-refractivity contribution in [1.29, 1.82) is 5.41 Å².